The zero-order valence-corrected chi connectivity index (χ0v) is 12.1. The van der Waals surface area contributed by atoms with E-state index in [1.165, 1.54) is 44.1 Å². The first-order valence-electron chi connectivity index (χ1n) is 7.38. The molecule has 1 aromatic heterocycles. The molecule has 1 saturated heterocycles. The summed E-state index contributed by atoms with van der Waals surface area (Å²) in [5, 5.41) is 7.54. The van der Waals surface area contributed by atoms with Crippen molar-refractivity contribution in [1.29, 1.82) is 0 Å². The quantitative estimate of drug-likeness (QED) is 0.918. The summed E-state index contributed by atoms with van der Waals surface area (Å²) >= 11 is 1.75. The van der Waals surface area contributed by atoms with Crippen LogP contribution in [0.4, 0.5) is 0 Å². The van der Waals surface area contributed by atoms with Gasteiger partial charge in [0.25, 0.3) is 0 Å². The maximum Gasteiger partial charge on any atom is 0.234 e. The molecule has 1 aliphatic carbocycles. The van der Waals surface area contributed by atoms with Gasteiger partial charge in [0.2, 0.25) is 5.91 Å². The van der Waals surface area contributed by atoms with Gasteiger partial charge >= 0.3 is 0 Å². The fourth-order valence-electron chi connectivity index (χ4n) is 3.39. The molecule has 1 amide bonds. The summed E-state index contributed by atoms with van der Waals surface area (Å²) in [6.07, 6.45) is 7.27. The number of nitrogens with zero attached hydrogens (tertiary/aromatic N) is 1. The van der Waals surface area contributed by atoms with Crippen LogP contribution in [-0.2, 0) is 4.79 Å². The molecule has 2 heterocycles. The van der Waals surface area contributed by atoms with Crippen molar-refractivity contribution in [3.05, 3.63) is 22.4 Å². The average Bonchev–Trinajstić information content (AvgIpc) is 3.09. The van der Waals surface area contributed by atoms with Gasteiger partial charge in [-0.3, -0.25) is 9.69 Å². The van der Waals surface area contributed by atoms with Crippen molar-refractivity contribution in [2.75, 3.05) is 13.1 Å². The summed E-state index contributed by atoms with van der Waals surface area (Å²) < 4.78 is 0. The zero-order chi connectivity index (χ0) is 13.1. The number of likely N-dealkylation sites (tertiary alicyclic amines) is 1. The highest BCUT2D eigenvalue weighted by Crippen LogP contribution is 2.32. The number of nitrogens with one attached hydrogen (secondary N) is 1. The molecule has 0 radical (unpaired) electrons. The molecule has 1 N–H and O–H groups in total. The van der Waals surface area contributed by atoms with E-state index < -0.39 is 0 Å². The molecule has 0 spiro atoms. The summed E-state index contributed by atoms with van der Waals surface area (Å²) in [5.74, 6) is 0.217. The topological polar surface area (TPSA) is 32.3 Å². The second-order valence-corrected chi connectivity index (χ2v) is 6.51. The molecule has 1 unspecified atom stereocenters. The predicted molar refractivity (Wildman–Crippen MR) is 78.3 cm³/mol. The fraction of sp³-hybridized carbons (Fsp3) is 0.667. The molecule has 104 valence electrons. The summed E-state index contributed by atoms with van der Waals surface area (Å²) in [7, 11) is 0. The normalized spacial score (nSPS) is 24.9. The number of amides is 1. The van der Waals surface area contributed by atoms with Gasteiger partial charge in [-0.2, -0.15) is 11.3 Å². The molecule has 1 atom stereocenters. The zero-order valence-electron chi connectivity index (χ0n) is 11.3. The highest BCUT2D eigenvalue weighted by Gasteiger charge is 2.28. The van der Waals surface area contributed by atoms with Crippen molar-refractivity contribution in [2.45, 2.75) is 50.6 Å². The van der Waals surface area contributed by atoms with Crippen molar-refractivity contribution in [1.82, 2.24) is 10.2 Å². The Hall–Kier alpha value is -0.870. The van der Waals surface area contributed by atoms with Crippen molar-refractivity contribution >= 4 is 17.2 Å². The second-order valence-electron chi connectivity index (χ2n) is 5.73. The van der Waals surface area contributed by atoms with E-state index in [2.05, 4.69) is 27.0 Å². The van der Waals surface area contributed by atoms with Crippen LogP contribution in [0.2, 0.25) is 0 Å². The molecule has 4 heteroatoms. The molecule has 0 bridgehead atoms. The standard InChI is InChI=1S/C15H22N2OS/c18-15(16-13-4-1-2-5-13)10-17-8-3-6-14(17)12-7-9-19-11-12/h7,9,11,13-14H,1-6,8,10H2,(H,16,18). The Balaban J connectivity index is 1.54. The van der Waals surface area contributed by atoms with Crippen LogP contribution >= 0.6 is 11.3 Å². The Morgan fingerprint density at radius 2 is 2.16 bits per heavy atom. The van der Waals surface area contributed by atoms with Gasteiger partial charge in [-0.15, -0.1) is 0 Å². The second kappa shape index (κ2) is 6.06. The maximum absolute atomic E-state index is 12.1. The van der Waals surface area contributed by atoms with Crippen molar-refractivity contribution in [2.24, 2.45) is 0 Å². The first-order chi connectivity index (χ1) is 9.33. The van der Waals surface area contributed by atoms with Crippen LogP contribution in [0.3, 0.4) is 0 Å². The lowest BCUT2D eigenvalue weighted by Gasteiger charge is -2.24. The van der Waals surface area contributed by atoms with Crippen LogP contribution in [0.1, 0.15) is 50.1 Å². The molecule has 1 aromatic rings. The fourth-order valence-corrected chi connectivity index (χ4v) is 4.09. The molecule has 3 rings (SSSR count). The van der Waals surface area contributed by atoms with Crippen LogP contribution in [0.5, 0.6) is 0 Å². The lowest BCUT2D eigenvalue weighted by Crippen LogP contribution is -2.40. The molecule has 2 aliphatic rings. The van der Waals surface area contributed by atoms with Crippen LogP contribution in [-0.4, -0.2) is 29.9 Å². The van der Waals surface area contributed by atoms with Crippen LogP contribution in [0, 0.1) is 0 Å². The first kappa shape index (κ1) is 13.1. The number of rotatable bonds is 4. The van der Waals surface area contributed by atoms with E-state index in [-0.39, 0.29) is 5.91 Å². The van der Waals surface area contributed by atoms with Gasteiger partial charge in [-0.1, -0.05) is 12.8 Å². The van der Waals surface area contributed by atoms with Gasteiger partial charge in [0.05, 0.1) is 6.54 Å². The Kier molecular flexibility index (Phi) is 4.18. The smallest absolute Gasteiger partial charge is 0.234 e. The minimum absolute atomic E-state index is 0.217. The summed E-state index contributed by atoms with van der Waals surface area (Å²) in [6, 6.07) is 3.10. The van der Waals surface area contributed by atoms with Crippen LogP contribution < -0.4 is 5.32 Å². The monoisotopic (exact) mass is 278 g/mol. The Labute approximate surface area is 119 Å². The van der Waals surface area contributed by atoms with E-state index in [1.807, 2.05) is 0 Å². The third kappa shape index (κ3) is 3.18. The first-order valence-corrected chi connectivity index (χ1v) is 8.33. The molecule has 19 heavy (non-hydrogen) atoms. The van der Waals surface area contributed by atoms with Gasteiger partial charge in [-0.05, 0) is 54.6 Å². The van der Waals surface area contributed by atoms with Gasteiger partial charge in [0.1, 0.15) is 0 Å². The van der Waals surface area contributed by atoms with Crippen molar-refractivity contribution in [3.8, 4) is 0 Å². The van der Waals surface area contributed by atoms with Crippen molar-refractivity contribution < 1.29 is 4.79 Å². The van der Waals surface area contributed by atoms with Gasteiger partial charge in [0, 0.05) is 12.1 Å². The highest BCUT2D eigenvalue weighted by atomic mass is 32.1. The van der Waals surface area contributed by atoms with E-state index in [0.29, 0.717) is 18.6 Å². The number of hydrogen-bond donors (Lipinski definition) is 1. The van der Waals surface area contributed by atoms with E-state index in [9.17, 15) is 4.79 Å². The van der Waals surface area contributed by atoms with E-state index >= 15 is 0 Å². The van der Waals surface area contributed by atoms with E-state index in [1.54, 1.807) is 11.3 Å². The Morgan fingerprint density at radius 3 is 2.89 bits per heavy atom. The summed E-state index contributed by atoms with van der Waals surface area (Å²) in [6.45, 7) is 1.62. The van der Waals surface area contributed by atoms with E-state index in [4.69, 9.17) is 0 Å². The molecule has 2 fully saturated rings. The SMILES string of the molecule is O=C(CN1CCCC1c1ccsc1)NC1CCCC1. The Bertz CT molecular complexity index is 412. The highest BCUT2D eigenvalue weighted by molar-refractivity contribution is 7.07. The minimum atomic E-state index is 0.217. The Morgan fingerprint density at radius 1 is 1.32 bits per heavy atom. The third-order valence-electron chi connectivity index (χ3n) is 4.36. The summed E-state index contributed by atoms with van der Waals surface area (Å²) in [4.78, 5) is 14.5. The van der Waals surface area contributed by atoms with Gasteiger partial charge in [0.15, 0.2) is 0 Å². The van der Waals surface area contributed by atoms with Crippen LogP contribution in [0.25, 0.3) is 0 Å². The minimum Gasteiger partial charge on any atom is -0.352 e. The number of carbonyl (C=O) groups excluding carboxylic acids is 1. The van der Waals surface area contributed by atoms with E-state index in [0.717, 1.165) is 6.54 Å². The molecule has 1 saturated carbocycles. The number of thiophene rings is 1. The molecule has 0 aromatic carbocycles. The average molecular weight is 278 g/mol. The van der Waals surface area contributed by atoms with Crippen molar-refractivity contribution in [3.63, 3.8) is 0 Å². The summed E-state index contributed by atoms with van der Waals surface area (Å²) in [5.41, 5.74) is 1.39. The van der Waals surface area contributed by atoms with Crippen LogP contribution in [0.15, 0.2) is 16.8 Å². The predicted octanol–water partition coefficient (Wildman–Crippen LogP) is 2.94. The molecule has 1 aliphatic heterocycles. The maximum atomic E-state index is 12.1. The van der Waals surface area contributed by atoms with Gasteiger partial charge < -0.3 is 5.32 Å². The molecule has 3 nitrogen and oxygen atoms in total. The number of carbonyl (C=O) groups is 1. The van der Waals surface area contributed by atoms with Gasteiger partial charge in [-0.25, -0.2) is 0 Å². The molecular formula is C15H22N2OS. The number of hydrogen-bond acceptors (Lipinski definition) is 3. The third-order valence-corrected chi connectivity index (χ3v) is 5.06. The molecular weight excluding hydrogens is 256 g/mol. The lowest BCUT2D eigenvalue weighted by atomic mass is 10.1. The largest absolute Gasteiger partial charge is 0.352 e. The lowest BCUT2D eigenvalue weighted by molar-refractivity contribution is -0.123.